The highest BCUT2D eigenvalue weighted by Crippen LogP contribution is 2.36. The molecule has 1 heterocycles. The number of carbonyl (C=O) groups excluding carboxylic acids is 1. The predicted molar refractivity (Wildman–Crippen MR) is 103 cm³/mol. The zero-order valence-corrected chi connectivity index (χ0v) is 17.2. The predicted octanol–water partition coefficient (Wildman–Crippen LogP) is 4.16. The molecule has 8 nitrogen and oxygen atoms in total. The van der Waals surface area contributed by atoms with Gasteiger partial charge in [0.1, 0.15) is 11.8 Å². The molecule has 1 aromatic rings. The van der Waals surface area contributed by atoms with Crippen LogP contribution in [0.25, 0.3) is 0 Å². The van der Waals surface area contributed by atoms with Crippen molar-refractivity contribution in [3.63, 3.8) is 0 Å². The Morgan fingerprint density at radius 2 is 1.93 bits per heavy atom. The second-order valence-corrected chi connectivity index (χ2v) is 8.90. The zero-order chi connectivity index (χ0) is 20.4. The summed E-state index contributed by atoms with van der Waals surface area (Å²) >= 11 is 5.93. The molecule has 1 aliphatic rings. The largest absolute Gasteiger partial charge is 0.460 e. The van der Waals surface area contributed by atoms with E-state index in [1.54, 1.807) is 13.8 Å². The van der Waals surface area contributed by atoms with Crippen LogP contribution in [0.4, 0.5) is 11.5 Å². The second kappa shape index (κ2) is 7.96. The van der Waals surface area contributed by atoms with Gasteiger partial charge in [0, 0.05) is 12.6 Å². The van der Waals surface area contributed by atoms with Crippen molar-refractivity contribution in [1.82, 2.24) is 9.97 Å². The Hall–Kier alpha value is -1.96. The van der Waals surface area contributed by atoms with E-state index in [0.29, 0.717) is 0 Å². The van der Waals surface area contributed by atoms with Crippen LogP contribution < -0.4 is 4.90 Å². The molecule has 0 amide bonds. The minimum atomic E-state index is -0.888. The molecule has 1 fully saturated rings. The topological polar surface area (TPSA) is 98.5 Å². The van der Waals surface area contributed by atoms with E-state index in [4.69, 9.17) is 16.3 Å². The van der Waals surface area contributed by atoms with Crippen LogP contribution in [0.1, 0.15) is 60.3 Å². The van der Waals surface area contributed by atoms with Gasteiger partial charge in [0.15, 0.2) is 0 Å². The molecule has 1 aromatic heterocycles. The van der Waals surface area contributed by atoms with Gasteiger partial charge in [-0.25, -0.2) is 4.98 Å². The summed E-state index contributed by atoms with van der Waals surface area (Å²) in [6.45, 7) is 9.22. The van der Waals surface area contributed by atoms with E-state index in [2.05, 4.69) is 9.97 Å². The van der Waals surface area contributed by atoms with Crippen molar-refractivity contribution in [2.45, 2.75) is 71.9 Å². The SMILES string of the molecule is CC(C)(C)OC(=O)C(C)(C)CN(c1nc(Cl)ncc1[N+](=O)[O-])C1CCCC1. The number of hydrogen-bond donors (Lipinski definition) is 0. The third kappa shape index (κ3) is 5.51. The van der Waals surface area contributed by atoms with E-state index in [9.17, 15) is 14.9 Å². The number of hydrogen-bond acceptors (Lipinski definition) is 7. The molecular formula is C18H27ClN4O4. The number of aromatic nitrogens is 2. The third-order valence-electron chi connectivity index (χ3n) is 4.47. The van der Waals surface area contributed by atoms with Crippen LogP contribution in [0.3, 0.4) is 0 Å². The Bertz CT molecular complexity index is 712. The fourth-order valence-electron chi connectivity index (χ4n) is 3.19. The normalized spacial score (nSPS) is 15.6. The van der Waals surface area contributed by atoms with Gasteiger partial charge in [0.05, 0.1) is 10.3 Å². The monoisotopic (exact) mass is 398 g/mol. The van der Waals surface area contributed by atoms with Crippen molar-refractivity contribution >= 4 is 29.1 Å². The molecule has 27 heavy (non-hydrogen) atoms. The maximum atomic E-state index is 12.7. The summed E-state index contributed by atoms with van der Waals surface area (Å²) in [4.78, 5) is 33.4. The standard InChI is InChI=1S/C18H27ClN4O4/c1-17(2,3)27-15(24)18(4,5)11-22(12-8-6-7-9-12)14-13(23(25)26)10-20-16(19)21-14/h10,12H,6-9,11H2,1-5H3. The Kier molecular flexibility index (Phi) is 6.29. The Balaban J connectivity index is 2.40. The number of nitrogens with zero attached hydrogens (tertiary/aromatic N) is 4. The molecule has 2 rings (SSSR count). The number of carbonyl (C=O) groups is 1. The summed E-state index contributed by atoms with van der Waals surface area (Å²) in [6.07, 6.45) is 4.93. The van der Waals surface area contributed by atoms with Crippen molar-refractivity contribution < 1.29 is 14.5 Å². The van der Waals surface area contributed by atoms with Gasteiger partial charge in [-0.2, -0.15) is 4.98 Å². The molecule has 0 unspecified atom stereocenters. The average molecular weight is 399 g/mol. The third-order valence-corrected chi connectivity index (χ3v) is 4.65. The summed E-state index contributed by atoms with van der Waals surface area (Å²) in [5.74, 6) is -0.204. The van der Waals surface area contributed by atoms with E-state index in [1.807, 2.05) is 25.7 Å². The van der Waals surface area contributed by atoms with Crippen molar-refractivity contribution in [2.24, 2.45) is 5.41 Å². The lowest BCUT2D eigenvalue weighted by molar-refractivity contribution is -0.384. The minimum Gasteiger partial charge on any atom is -0.460 e. The molecule has 150 valence electrons. The number of esters is 1. The smallest absolute Gasteiger partial charge is 0.329 e. The first-order chi connectivity index (χ1) is 12.4. The minimum absolute atomic E-state index is 0.0522. The van der Waals surface area contributed by atoms with Crippen LogP contribution in [0.5, 0.6) is 0 Å². The van der Waals surface area contributed by atoms with Gasteiger partial charge in [0.25, 0.3) is 0 Å². The lowest BCUT2D eigenvalue weighted by atomic mass is 9.91. The molecule has 0 N–H and O–H groups in total. The maximum absolute atomic E-state index is 12.7. The first-order valence-electron chi connectivity index (χ1n) is 9.08. The molecule has 0 spiro atoms. The molecule has 0 aromatic carbocycles. The molecule has 1 aliphatic carbocycles. The Labute approximate surface area is 164 Å². The Morgan fingerprint density at radius 3 is 2.44 bits per heavy atom. The second-order valence-electron chi connectivity index (χ2n) is 8.56. The molecule has 9 heteroatoms. The van der Waals surface area contributed by atoms with Gasteiger partial charge >= 0.3 is 11.7 Å². The fourth-order valence-corrected chi connectivity index (χ4v) is 3.31. The van der Waals surface area contributed by atoms with E-state index in [-0.39, 0.29) is 35.3 Å². The van der Waals surface area contributed by atoms with Crippen LogP contribution in [-0.4, -0.2) is 39.0 Å². The number of ether oxygens (including phenoxy) is 1. The number of anilines is 1. The highest BCUT2D eigenvalue weighted by molar-refractivity contribution is 6.28. The van der Waals surface area contributed by atoms with Gasteiger partial charge < -0.3 is 9.64 Å². The van der Waals surface area contributed by atoms with Crippen molar-refractivity contribution in [2.75, 3.05) is 11.4 Å². The highest BCUT2D eigenvalue weighted by Gasteiger charge is 2.39. The van der Waals surface area contributed by atoms with Gasteiger partial charge in [-0.1, -0.05) is 12.8 Å². The molecule has 0 bridgehead atoms. The fraction of sp³-hybridized carbons (Fsp3) is 0.722. The first kappa shape index (κ1) is 21.3. The van der Waals surface area contributed by atoms with Gasteiger partial charge in [-0.05, 0) is 59.1 Å². The summed E-state index contributed by atoms with van der Waals surface area (Å²) in [5, 5.41) is 11.4. The van der Waals surface area contributed by atoms with Crippen molar-refractivity contribution in [1.29, 1.82) is 0 Å². The average Bonchev–Trinajstić information content (AvgIpc) is 3.04. The summed E-state index contributed by atoms with van der Waals surface area (Å²) in [6, 6.07) is 0.0522. The molecular weight excluding hydrogens is 372 g/mol. The van der Waals surface area contributed by atoms with Crippen LogP contribution in [0.15, 0.2) is 6.20 Å². The van der Waals surface area contributed by atoms with E-state index < -0.39 is 15.9 Å². The van der Waals surface area contributed by atoms with Crippen molar-refractivity contribution in [3.05, 3.63) is 21.6 Å². The zero-order valence-electron chi connectivity index (χ0n) is 16.5. The van der Waals surface area contributed by atoms with Crippen LogP contribution in [0.2, 0.25) is 5.28 Å². The van der Waals surface area contributed by atoms with E-state index >= 15 is 0 Å². The number of halogens is 1. The van der Waals surface area contributed by atoms with Crippen LogP contribution in [0, 0.1) is 15.5 Å². The summed E-state index contributed by atoms with van der Waals surface area (Å²) in [7, 11) is 0. The molecule has 0 aliphatic heterocycles. The van der Waals surface area contributed by atoms with E-state index in [0.717, 1.165) is 31.9 Å². The highest BCUT2D eigenvalue weighted by atomic mass is 35.5. The van der Waals surface area contributed by atoms with E-state index in [1.165, 1.54) is 0 Å². The van der Waals surface area contributed by atoms with Gasteiger partial charge in [-0.15, -0.1) is 0 Å². The quantitative estimate of drug-likeness (QED) is 0.307. The maximum Gasteiger partial charge on any atom is 0.329 e. The summed E-state index contributed by atoms with van der Waals surface area (Å²) < 4.78 is 5.55. The molecule has 0 saturated heterocycles. The van der Waals surface area contributed by atoms with Crippen LogP contribution in [-0.2, 0) is 9.53 Å². The molecule has 0 atom stereocenters. The summed E-state index contributed by atoms with van der Waals surface area (Å²) in [5.41, 5.74) is -1.72. The molecule has 0 radical (unpaired) electrons. The number of rotatable bonds is 6. The van der Waals surface area contributed by atoms with Crippen molar-refractivity contribution in [3.8, 4) is 0 Å². The molecule has 1 saturated carbocycles. The van der Waals surface area contributed by atoms with Gasteiger partial charge in [0.2, 0.25) is 11.1 Å². The number of nitro groups is 1. The Morgan fingerprint density at radius 1 is 1.33 bits per heavy atom. The van der Waals surface area contributed by atoms with Gasteiger partial charge in [-0.3, -0.25) is 14.9 Å². The first-order valence-corrected chi connectivity index (χ1v) is 9.45. The van der Waals surface area contributed by atoms with Crippen LogP contribution >= 0.6 is 11.6 Å². The lowest BCUT2D eigenvalue weighted by Gasteiger charge is -2.36. The lowest BCUT2D eigenvalue weighted by Crippen LogP contribution is -2.46.